The van der Waals surface area contributed by atoms with E-state index >= 15 is 0 Å². The van der Waals surface area contributed by atoms with Crippen molar-refractivity contribution < 1.29 is 9.90 Å². The van der Waals surface area contributed by atoms with E-state index in [1.165, 1.54) is 19.3 Å². The number of carboxylic acid groups (broad SMARTS) is 1. The van der Waals surface area contributed by atoms with Crippen LogP contribution in [0.3, 0.4) is 0 Å². The Kier molecular flexibility index (Phi) is 5.37. The van der Waals surface area contributed by atoms with Gasteiger partial charge in [-0.3, -0.25) is 5.32 Å². The van der Waals surface area contributed by atoms with Gasteiger partial charge in [0, 0.05) is 13.1 Å². The van der Waals surface area contributed by atoms with Crippen molar-refractivity contribution in [2.24, 2.45) is 5.92 Å². The predicted octanol–water partition coefficient (Wildman–Crippen LogP) is 2.31. The molecule has 1 aromatic carbocycles. The van der Waals surface area contributed by atoms with Gasteiger partial charge < -0.3 is 10.0 Å². The molecule has 2 N–H and O–H groups in total. The van der Waals surface area contributed by atoms with Gasteiger partial charge in [-0.15, -0.1) is 0 Å². The van der Waals surface area contributed by atoms with Gasteiger partial charge in [0.05, 0.1) is 0 Å². The lowest BCUT2D eigenvalue weighted by molar-refractivity contribution is -0.146. The van der Waals surface area contributed by atoms with Crippen molar-refractivity contribution in [3.05, 3.63) is 35.9 Å². The van der Waals surface area contributed by atoms with E-state index in [2.05, 4.69) is 10.2 Å². The Bertz CT molecular complexity index is 459. The molecule has 1 aliphatic rings. The van der Waals surface area contributed by atoms with E-state index in [-0.39, 0.29) is 0 Å². The lowest BCUT2D eigenvalue weighted by atomic mass is 9.84. The Morgan fingerprint density at radius 1 is 1.38 bits per heavy atom. The molecular formula is C17H26N2O2. The fourth-order valence-corrected chi connectivity index (χ4v) is 3.13. The standard InChI is InChI=1S/C17H26N2O2/c1-3-18-17(16(20)21,15-10-5-4-6-11-15)13-19(2)12-14-8-7-9-14/h4-6,10-11,14,18H,3,7-9,12-13H2,1-2H3,(H,20,21). The molecule has 0 radical (unpaired) electrons. The first-order valence-electron chi connectivity index (χ1n) is 7.81. The second kappa shape index (κ2) is 7.05. The van der Waals surface area contributed by atoms with Crippen LogP contribution in [0.15, 0.2) is 30.3 Å². The van der Waals surface area contributed by atoms with Crippen LogP contribution in [0, 0.1) is 5.92 Å². The largest absolute Gasteiger partial charge is 0.480 e. The maximum absolute atomic E-state index is 12.0. The highest BCUT2D eigenvalue weighted by atomic mass is 16.4. The summed E-state index contributed by atoms with van der Waals surface area (Å²) < 4.78 is 0. The van der Waals surface area contributed by atoms with Gasteiger partial charge in [0.1, 0.15) is 0 Å². The molecule has 0 spiro atoms. The molecule has 1 aliphatic carbocycles. The number of aliphatic carboxylic acids is 1. The van der Waals surface area contributed by atoms with Crippen LogP contribution < -0.4 is 5.32 Å². The number of nitrogens with zero attached hydrogens (tertiary/aromatic N) is 1. The fraction of sp³-hybridized carbons (Fsp3) is 0.588. The topological polar surface area (TPSA) is 52.6 Å². The highest BCUT2D eigenvalue weighted by molar-refractivity contribution is 5.81. The highest BCUT2D eigenvalue weighted by Crippen LogP contribution is 2.28. The summed E-state index contributed by atoms with van der Waals surface area (Å²) in [7, 11) is 2.02. The maximum Gasteiger partial charge on any atom is 0.329 e. The van der Waals surface area contributed by atoms with Crippen LogP contribution in [-0.4, -0.2) is 42.7 Å². The van der Waals surface area contributed by atoms with Crippen molar-refractivity contribution in [2.75, 3.05) is 26.7 Å². The summed E-state index contributed by atoms with van der Waals surface area (Å²) in [5.41, 5.74) is -0.214. The van der Waals surface area contributed by atoms with Crippen LogP contribution in [0.25, 0.3) is 0 Å². The molecule has 1 unspecified atom stereocenters. The molecular weight excluding hydrogens is 264 g/mol. The zero-order chi connectivity index (χ0) is 15.3. The zero-order valence-corrected chi connectivity index (χ0v) is 13.0. The van der Waals surface area contributed by atoms with Gasteiger partial charge in [-0.05, 0) is 37.9 Å². The molecule has 1 aromatic rings. The summed E-state index contributed by atoms with van der Waals surface area (Å²) in [6.45, 7) is 4.04. The zero-order valence-electron chi connectivity index (χ0n) is 13.0. The summed E-state index contributed by atoms with van der Waals surface area (Å²) >= 11 is 0. The van der Waals surface area contributed by atoms with Gasteiger partial charge in [-0.25, -0.2) is 4.79 Å². The Morgan fingerprint density at radius 3 is 2.52 bits per heavy atom. The van der Waals surface area contributed by atoms with Crippen molar-refractivity contribution in [1.82, 2.24) is 10.2 Å². The summed E-state index contributed by atoms with van der Waals surface area (Å²) in [5, 5.41) is 13.1. The third kappa shape index (κ3) is 3.63. The van der Waals surface area contributed by atoms with Crippen molar-refractivity contribution in [3.63, 3.8) is 0 Å². The average molecular weight is 290 g/mol. The SMILES string of the molecule is CCNC(CN(C)CC1CCC1)(C(=O)O)c1ccccc1. The maximum atomic E-state index is 12.0. The second-order valence-electron chi connectivity index (χ2n) is 6.10. The summed E-state index contributed by atoms with van der Waals surface area (Å²) in [5.74, 6) is -0.0742. The normalized spacial score (nSPS) is 18.2. The van der Waals surface area contributed by atoms with Gasteiger partial charge in [-0.1, -0.05) is 43.7 Å². The first-order chi connectivity index (χ1) is 10.1. The number of hydrogen-bond donors (Lipinski definition) is 2. The summed E-state index contributed by atoms with van der Waals surface area (Å²) in [6, 6.07) is 9.51. The second-order valence-corrected chi connectivity index (χ2v) is 6.10. The minimum Gasteiger partial charge on any atom is -0.480 e. The van der Waals surface area contributed by atoms with Crippen LogP contribution >= 0.6 is 0 Å². The van der Waals surface area contributed by atoms with E-state index < -0.39 is 11.5 Å². The quantitative estimate of drug-likeness (QED) is 0.771. The van der Waals surface area contributed by atoms with E-state index in [9.17, 15) is 9.90 Å². The minimum absolute atomic E-state index is 0.483. The number of nitrogens with one attached hydrogen (secondary N) is 1. The number of rotatable bonds is 8. The Hall–Kier alpha value is -1.39. The fourth-order valence-electron chi connectivity index (χ4n) is 3.13. The molecule has 0 aromatic heterocycles. The molecule has 0 aliphatic heterocycles. The monoisotopic (exact) mass is 290 g/mol. The number of likely N-dealkylation sites (N-methyl/N-ethyl adjacent to an activating group) is 2. The Morgan fingerprint density at radius 2 is 2.05 bits per heavy atom. The first-order valence-corrected chi connectivity index (χ1v) is 7.81. The molecule has 0 amide bonds. The number of benzene rings is 1. The number of hydrogen-bond acceptors (Lipinski definition) is 3. The van der Waals surface area contributed by atoms with Crippen LogP contribution in [0.1, 0.15) is 31.7 Å². The lowest BCUT2D eigenvalue weighted by Crippen LogP contribution is -2.56. The van der Waals surface area contributed by atoms with Gasteiger partial charge in [0.25, 0.3) is 0 Å². The molecule has 1 fully saturated rings. The van der Waals surface area contributed by atoms with Crippen LogP contribution in [0.5, 0.6) is 0 Å². The van der Waals surface area contributed by atoms with Crippen molar-refractivity contribution in [1.29, 1.82) is 0 Å². The van der Waals surface area contributed by atoms with Crippen molar-refractivity contribution in [3.8, 4) is 0 Å². The number of carbonyl (C=O) groups is 1. The number of carboxylic acids is 1. The molecule has 116 valence electrons. The van der Waals surface area contributed by atoms with Crippen LogP contribution in [0.2, 0.25) is 0 Å². The van der Waals surface area contributed by atoms with E-state index in [4.69, 9.17) is 0 Å². The third-order valence-electron chi connectivity index (χ3n) is 4.41. The third-order valence-corrected chi connectivity index (χ3v) is 4.41. The molecule has 2 rings (SSSR count). The summed E-state index contributed by atoms with van der Waals surface area (Å²) in [4.78, 5) is 14.2. The average Bonchev–Trinajstić information content (AvgIpc) is 2.43. The van der Waals surface area contributed by atoms with Crippen molar-refractivity contribution >= 4 is 5.97 Å². The van der Waals surface area contributed by atoms with E-state index in [1.807, 2.05) is 44.3 Å². The van der Waals surface area contributed by atoms with E-state index in [0.717, 1.165) is 18.0 Å². The molecule has 0 bridgehead atoms. The molecule has 0 heterocycles. The highest BCUT2D eigenvalue weighted by Gasteiger charge is 2.41. The lowest BCUT2D eigenvalue weighted by Gasteiger charge is -2.37. The van der Waals surface area contributed by atoms with E-state index in [1.54, 1.807) is 0 Å². The Labute approximate surface area is 127 Å². The minimum atomic E-state index is -1.03. The van der Waals surface area contributed by atoms with Crippen molar-refractivity contribution in [2.45, 2.75) is 31.7 Å². The van der Waals surface area contributed by atoms with Gasteiger partial charge in [-0.2, -0.15) is 0 Å². The molecule has 4 nitrogen and oxygen atoms in total. The van der Waals surface area contributed by atoms with Crippen LogP contribution in [0.4, 0.5) is 0 Å². The first kappa shape index (κ1) is 16.0. The van der Waals surface area contributed by atoms with Gasteiger partial charge in [0.15, 0.2) is 5.54 Å². The van der Waals surface area contributed by atoms with Gasteiger partial charge in [0.2, 0.25) is 0 Å². The van der Waals surface area contributed by atoms with Gasteiger partial charge >= 0.3 is 5.97 Å². The molecule has 1 saturated carbocycles. The predicted molar refractivity (Wildman–Crippen MR) is 84.3 cm³/mol. The molecule has 4 heteroatoms. The van der Waals surface area contributed by atoms with Crippen LogP contribution in [-0.2, 0) is 10.3 Å². The molecule has 0 saturated heterocycles. The molecule has 21 heavy (non-hydrogen) atoms. The smallest absolute Gasteiger partial charge is 0.329 e. The van der Waals surface area contributed by atoms with E-state index in [0.29, 0.717) is 13.1 Å². The molecule has 1 atom stereocenters. The Balaban J connectivity index is 2.19. The summed E-state index contributed by atoms with van der Waals surface area (Å²) in [6.07, 6.45) is 3.86.